The van der Waals surface area contributed by atoms with E-state index in [1.807, 2.05) is 0 Å². The molecule has 1 atom stereocenters. The first-order chi connectivity index (χ1) is 7.57. The molecule has 3 nitrogen and oxygen atoms in total. The van der Waals surface area contributed by atoms with Crippen molar-refractivity contribution in [1.82, 2.24) is 0 Å². The Morgan fingerprint density at radius 3 is 2.88 bits per heavy atom. The molecule has 0 aromatic heterocycles. The van der Waals surface area contributed by atoms with Gasteiger partial charge in [0, 0.05) is 25.2 Å². The number of rotatable bonds is 5. The smallest absolute Gasteiger partial charge is 0.167 e. The second-order valence-corrected chi connectivity index (χ2v) is 3.75. The summed E-state index contributed by atoms with van der Waals surface area (Å²) in [5, 5.41) is 0. The fourth-order valence-corrected chi connectivity index (χ4v) is 1.44. The van der Waals surface area contributed by atoms with Gasteiger partial charge in [0.2, 0.25) is 0 Å². The first kappa shape index (κ1) is 12.6. The number of hydrogen-bond acceptors (Lipinski definition) is 3. The maximum atomic E-state index is 13.2. The second-order valence-electron chi connectivity index (χ2n) is 3.75. The highest BCUT2D eigenvalue weighted by molar-refractivity contribution is 6.02. The van der Waals surface area contributed by atoms with Gasteiger partial charge in [0.1, 0.15) is 5.82 Å². The van der Waals surface area contributed by atoms with Gasteiger partial charge in [-0.05, 0) is 18.6 Å². The predicted octanol–water partition coefficient (Wildman–Crippen LogP) is 2.26. The number of halogens is 1. The molecule has 2 N–H and O–H groups in total. The van der Waals surface area contributed by atoms with Crippen molar-refractivity contribution in [1.29, 1.82) is 0 Å². The standard InChI is InChI=1S/C12H16FNO2/c1-8(6-7-16-2)12(15)9-4-3-5-10(13)11(9)14/h3-5,8H,6-7,14H2,1-2H3. The van der Waals surface area contributed by atoms with Gasteiger partial charge in [0.05, 0.1) is 5.69 Å². The molecule has 4 heteroatoms. The van der Waals surface area contributed by atoms with Crippen LogP contribution in [0.2, 0.25) is 0 Å². The second kappa shape index (κ2) is 5.61. The molecular weight excluding hydrogens is 209 g/mol. The van der Waals surface area contributed by atoms with E-state index in [4.69, 9.17) is 10.5 Å². The Hall–Kier alpha value is -1.42. The van der Waals surface area contributed by atoms with E-state index in [1.54, 1.807) is 20.1 Å². The molecule has 1 aromatic carbocycles. The molecule has 0 fully saturated rings. The summed E-state index contributed by atoms with van der Waals surface area (Å²) in [6.45, 7) is 2.29. The lowest BCUT2D eigenvalue weighted by molar-refractivity contribution is 0.0894. The van der Waals surface area contributed by atoms with Crippen molar-refractivity contribution in [3.8, 4) is 0 Å². The molecular formula is C12H16FNO2. The van der Waals surface area contributed by atoms with Crippen molar-refractivity contribution in [2.75, 3.05) is 19.5 Å². The van der Waals surface area contributed by atoms with Gasteiger partial charge in [0.15, 0.2) is 5.78 Å². The zero-order chi connectivity index (χ0) is 12.1. The average molecular weight is 225 g/mol. The number of nitrogen functional groups attached to an aromatic ring is 1. The Morgan fingerprint density at radius 1 is 1.56 bits per heavy atom. The highest BCUT2D eigenvalue weighted by Gasteiger charge is 2.18. The van der Waals surface area contributed by atoms with Gasteiger partial charge in [-0.1, -0.05) is 13.0 Å². The molecule has 16 heavy (non-hydrogen) atoms. The number of ether oxygens (including phenoxy) is 1. The van der Waals surface area contributed by atoms with E-state index >= 15 is 0 Å². The molecule has 0 aliphatic heterocycles. The predicted molar refractivity (Wildman–Crippen MR) is 60.8 cm³/mol. The van der Waals surface area contributed by atoms with Gasteiger partial charge >= 0.3 is 0 Å². The third-order valence-electron chi connectivity index (χ3n) is 2.52. The molecule has 0 amide bonds. The molecule has 0 heterocycles. The minimum Gasteiger partial charge on any atom is -0.396 e. The molecule has 1 unspecified atom stereocenters. The summed E-state index contributed by atoms with van der Waals surface area (Å²) in [5.41, 5.74) is 5.70. The van der Waals surface area contributed by atoms with Crippen molar-refractivity contribution < 1.29 is 13.9 Å². The number of carbonyl (C=O) groups excluding carboxylic acids is 1. The normalized spacial score (nSPS) is 12.4. The van der Waals surface area contributed by atoms with Crippen LogP contribution in [0, 0.1) is 11.7 Å². The summed E-state index contributed by atoms with van der Waals surface area (Å²) in [6.07, 6.45) is 0.602. The van der Waals surface area contributed by atoms with Gasteiger partial charge in [-0.25, -0.2) is 4.39 Å². The number of ketones is 1. The van der Waals surface area contributed by atoms with Gasteiger partial charge in [0.25, 0.3) is 0 Å². The molecule has 1 aromatic rings. The largest absolute Gasteiger partial charge is 0.396 e. The summed E-state index contributed by atoms with van der Waals surface area (Å²) in [7, 11) is 1.58. The van der Waals surface area contributed by atoms with Crippen LogP contribution in [0.5, 0.6) is 0 Å². The number of benzene rings is 1. The highest BCUT2D eigenvalue weighted by atomic mass is 19.1. The Morgan fingerprint density at radius 2 is 2.25 bits per heavy atom. The lowest BCUT2D eigenvalue weighted by Crippen LogP contribution is -2.15. The lowest BCUT2D eigenvalue weighted by atomic mass is 9.95. The lowest BCUT2D eigenvalue weighted by Gasteiger charge is -2.11. The SMILES string of the molecule is COCCC(C)C(=O)c1cccc(F)c1N. The highest BCUT2D eigenvalue weighted by Crippen LogP contribution is 2.20. The van der Waals surface area contributed by atoms with Crippen molar-refractivity contribution in [2.24, 2.45) is 5.92 Å². The molecule has 0 aliphatic rings. The monoisotopic (exact) mass is 225 g/mol. The van der Waals surface area contributed by atoms with Crippen LogP contribution in [0.25, 0.3) is 0 Å². The maximum absolute atomic E-state index is 13.2. The zero-order valence-electron chi connectivity index (χ0n) is 9.50. The first-order valence-corrected chi connectivity index (χ1v) is 5.15. The van der Waals surface area contributed by atoms with Crippen LogP contribution in [0.4, 0.5) is 10.1 Å². The van der Waals surface area contributed by atoms with E-state index in [1.165, 1.54) is 12.1 Å². The van der Waals surface area contributed by atoms with E-state index in [2.05, 4.69) is 0 Å². The Kier molecular flexibility index (Phi) is 4.43. The zero-order valence-corrected chi connectivity index (χ0v) is 9.50. The summed E-state index contributed by atoms with van der Waals surface area (Å²) in [4.78, 5) is 11.9. The number of Topliss-reactive ketones (excluding diaryl/α,β-unsaturated/α-hetero) is 1. The van der Waals surface area contributed by atoms with E-state index in [0.717, 1.165) is 0 Å². The minimum absolute atomic E-state index is 0.0724. The van der Waals surface area contributed by atoms with Crippen LogP contribution in [-0.4, -0.2) is 19.5 Å². The fourth-order valence-electron chi connectivity index (χ4n) is 1.44. The molecule has 0 radical (unpaired) electrons. The van der Waals surface area contributed by atoms with Gasteiger partial charge < -0.3 is 10.5 Å². The van der Waals surface area contributed by atoms with Crippen LogP contribution < -0.4 is 5.73 Å². The Bertz CT molecular complexity index is 379. The third kappa shape index (κ3) is 2.79. The van der Waals surface area contributed by atoms with Gasteiger partial charge in [-0.15, -0.1) is 0 Å². The van der Waals surface area contributed by atoms with E-state index in [9.17, 15) is 9.18 Å². The molecule has 0 spiro atoms. The van der Waals surface area contributed by atoms with Crippen LogP contribution in [0.15, 0.2) is 18.2 Å². The van der Waals surface area contributed by atoms with Crippen LogP contribution in [0.3, 0.4) is 0 Å². The fraction of sp³-hybridized carbons (Fsp3) is 0.417. The van der Waals surface area contributed by atoms with Crippen LogP contribution in [-0.2, 0) is 4.74 Å². The maximum Gasteiger partial charge on any atom is 0.167 e. The van der Waals surface area contributed by atoms with Crippen molar-refractivity contribution >= 4 is 11.5 Å². The van der Waals surface area contributed by atoms with Crippen LogP contribution >= 0.6 is 0 Å². The summed E-state index contributed by atoms with van der Waals surface area (Å²) in [5.74, 6) is -0.914. The molecule has 1 rings (SSSR count). The molecule has 0 saturated carbocycles. The number of para-hydroxylation sites is 1. The molecule has 0 aliphatic carbocycles. The number of methoxy groups -OCH3 is 1. The Labute approximate surface area is 94.4 Å². The van der Waals surface area contributed by atoms with Gasteiger partial charge in [-0.2, -0.15) is 0 Å². The van der Waals surface area contributed by atoms with E-state index in [-0.39, 0.29) is 23.0 Å². The molecule has 0 saturated heterocycles. The van der Waals surface area contributed by atoms with E-state index < -0.39 is 5.82 Å². The van der Waals surface area contributed by atoms with Crippen molar-refractivity contribution in [3.05, 3.63) is 29.6 Å². The summed E-state index contributed by atoms with van der Waals surface area (Å²) in [6, 6.07) is 4.28. The molecule has 0 bridgehead atoms. The number of anilines is 1. The number of carbonyl (C=O) groups is 1. The van der Waals surface area contributed by atoms with Crippen molar-refractivity contribution in [3.63, 3.8) is 0 Å². The minimum atomic E-state index is -0.551. The number of hydrogen-bond donors (Lipinski definition) is 1. The summed E-state index contributed by atoms with van der Waals surface area (Å²) < 4.78 is 18.0. The van der Waals surface area contributed by atoms with E-state index in [0.29, 0.717) is 13.0 Å². The quantitative estimate of drug-likeness (QED) is 0.617. The Balaban J connectivity index is 2.84. The topological polar surface area (TPSA) is 52.3 Å². The third-order valence-corrected chi connectivity index (χ3v) is 2.52. The van der Waals surface area contributed by atoms with Gasteiger partial charge in [-0.3, -0.25) is 4.79 Å². The van der Waals surface area contributed by atoms with Crippen molar-refractivity contribution in [2.45, 2.75) is 13.3 Å². The number of nitrogens with two attached hydrogens (primary N) is 1. The average Bonchev–Trinajstić information content (AvgIpc) is 2.28. The van der Waals surface area contributed by atoms with Crippen LogP contribution in [0.1, 0.15) is 23.7 Å². The molecule has 88 valence electrons. The summed E-state index contributed by atoms with van der Waals surface area (Å²) >= 11 is 0. The first-order valence-electron chi connectivity index (χ1n) is 5.15.